The molecule has 0 saturated heterocycles. The van der Waals surface area contributed by atoms with Gasteiger partial charge in [0.2, 0.25) is 0 Å². The lowest BCUT2D eigenvalue weighted by Gasteiger charge is -2.03. The van der Waals surface area contributed by atoms with Gasteiger partial charge in [-0.1, -0.05) is 0 Å². The second kappa shape index (κ2) is 20.3. The standard InChI is InChI=1S/C8H18O3.C4H10O/c1-3-9-5-7-11-8-6-10-4-2;1-3-5-4-2/h3-8H2,1-2H3;3-4H2,1-2H3. The Morgan fingerprint density at radius 1 is 0.438 bits per heavy atom. The molecule has 0 fully saturated rings. The Bertz CT molecular complexity index is 89.0. The van der Waals surface area contributed by atoms with Crippen molar-refractivity contribution in [2.45, 2.75) is 27.7 Å². The van der Waals surface area contributed by atoms with Crippen molar-refractivity contribution >= 4 is 0 Å². The number of ether oxygens (including phenoxy) is 4. The van der Waals surface area contributed by atoms with Crippen molar-refractivity contribution in [3.8, 4) is 0 Å². The average Bonchev–Trinajstić information content (AvgIpc) is 2.30. The number of hydrogen-bond acceptors (Lipinski definition) is 4. The van der Waals surface area contributed by atoms with Crippen molar-refractivity contribution in [3.63, 3.8) is 0 Å². The number of hydrogen-bond donors (Lipinski definition) is 0. The first-order valence-electron chi connectivity index (χ1n) is 6.14. The molecule has 16 heavy (non-hydrogen) atoms. The van der Waals surface area contributed by atoms with Gasteiger partial charge in [0, 0.05) is 26.4 Å². The Morgan fingerprint density at radius 2 is 0.750 bits per heavy atom. The van der Waals surface area contributed by atoms with Gasteiger partial charge in [-0.05, 0) is 27.7 Å². The highest BCUT2D eigenvalue weighted by Crippen LogP contribution is 1.79. The van der Waals surface area contributed by atoms with E-state index in [9.17, 15) is 0 Å². The summed E-state index contributed by atoms with van der Waals surface area (Å²) >= 11 is 0. The molecule has 0 atom stereocenters. The molecule has 0 aromatic heterocycles. The van der Waals surface area contributed by atoms with Crippen LogP contribution in [0.4, 0.5) is 0 Å². The van der Waals surface area contributed by atoms with Gasteiger partial charge in [0.15, 0.2) is 0 Å². The van der Waals surface area contributed by atoms with E-state index in [0.29, 0.717) is 26.4 Å². The smallest absolute Gasteiger partial charge is 0.0701 e. The van der Waals surface area contributed by atoms with Crippen molar-refractivity contribution in [3.05, 3.63) is 0 Å². The molecule has 0 bridgehead atoms. The van der Waals surface area contributed by atoms with Gasteiger partial charge in [0.1, 0.15) is 0 Å². The van der Waals surface area contributed by atoms with Crippen LogP contribution in [0.5, 0.6) is 0 Å². The zero-order valence-electron chi connectivity index (χ0n) is 11.3. The highest BCUT2D eigenvalue weighted by Gasteiger charge is 1.87. The van der Waals surface area contributed by atoms with E-state index >= 15 is 0 Å². The fourth-order valence-corrected chi connectivity index (χ4v) is 0.831. The topological polar surface area (TPSA) is 36.9 Å². The summed E-state index contributed by atoms with van der Waals surface area (Å²) in [4.78, 5) is 0. The van der Waals surface area contributed by atoms with Crippen LogP contribution < -0.4 is 0 Å². The Hall–Kier alpha value is -0.160. The first kappa shape index (κ1) is 18.2. The van der Waals surface area contributed by atoms with Crippen LogP contribution in [0, 0.1) is 0 Å². The summed E-state index contributed by atoms with van der Waals surface area (Å²) in [7, 11) is 0. The molecule has 0 aliphatic heterocycles. The summed E-state index contributed by atoms with van der Waals surface area (Å²) in [6.45, 7) is 13.8. The van der Waals surface area contributed by atoms with E-state index in [1.54, 1.807) is 0 Å². The molecular formula is C12H28O4. The van der Waals surface area contributed by atoms with E-state index in [1.807, 2.05) is 27.7 Å². The van der Waals surface area contributed by atoms with Gasteiger partial charge in [-0.15, -0.1) is 0 Å². The molecule has 0 rings (SSSR count). The van der Waals surface area contributed by atoms with Crippen LogP contribution >= 0.6 is 0 Å². The molecule has 4 nitrogen and oxygen atoms in total. The Balaban J connectivity index is 0. The van der Waals surface area contributed by atoms with E-state index in [1.165, 1.54) is 0 Å². The first-order chi connectivity index (χ1) is 7.83. The van der Waals surface area contributed by atoms with E-state index in [2.05, 4.69) is 0 Å². The summed E-state index contributed by atoms with van der Waals surface area (Å²) in [5, 5.41) is 0. The molecule has 0 spiro atoms. The Kier molecular flexibility index (Phi) is 23.1. The Morgan fingerprint density at radius 3 is 1.00 bits per heavy atom. The monoisotopic (exact) mass is 236 g/mol. The molecule has 0 aliphatic rings. The summed E-state index contributed by atoms with van der Waals surface area (Å²) in [6.07, 6.45) is 0. The third-order valence-electron chi connectivity index (χ3n) is 1.56. The predicted octanol–water partition coefficient (Wildman–Crippen LogP) is 2.12. The lowest BCUT2D eigenvalue weighted by atomic mass is 10.7. The minimum atomic E-state index is 0.668. The van der Waals surface area contributed by atoms with Crippen LogP contribution in [0.15, 0.2) is 0 Å². The molecule has 0 aromatic carbocycles. The van der Waals surface area contributed by atoms with Gasteiger partial charge in [-0.3, -0.25) is 0 Å². The minimum Gasteiger partial charge on any atom is -0.382 e. The van der Waals surface area contributed by atoms with Gasteiger partial charge in [0.25, 0.3) is 0 Å². The average molecular weight is 236 g/mol. The zero-order chi connectivity index (χ0) is 12.5. The lowest BCUT2D eigenvalue weighted by Crippen LogP contribution is -2.08. The van der Waals surface area contributed by atoms with Crippen LogP contribution in [-0.4, -0.2) is 52.9 Å². The van der Waals surface area contributed by atoms with Crippen LogP contribution in [0.3, 0.4) is 0 Å². The van der Waals surface area contributed by atoms with Gasteiger partial charge in [-0.2, -0.15) is 0 Å². The summed E-state index contributed by atoms with van der Waals surface area (Å²) in [5.41, 5.74) is 0. The maximum Gasteiger partial charge on any atom is 0.0701 e. The molecule has 0 heterocycles. The molecule has 0 N–H and O–H groups in total. The third kappa shape index (κ3) is 23.6. The van der Waals surface area contributed by atoms with Crippen LogP contribution in [-0.2, 0) is 18.9 Å². The maximum absolute atomic E-state index is 5.19. The summed E-state index contributed by atoms with van der Waals surface area (Å²) < 4.78 is 20.2. The molecule has 0 radical (unpaired) electrons. The van der Waals surface area contributed by atoms with Gasteiger partial charge < -0.3 is 18.9 Å². The minimum absolute atomic E-state index is 0.668. The predicted molar refractivity (Wildman–Crippen MR) is 66.0 cm³/mol. The van der Waals surface area contributed by atoms with Crippen molar-refractivity contribution in [1.29, 1.82) is 0 Å². The summed E-state index contributed by atoms with van der Waals surface area (Å²) in [6, 6.07) is 0. The molecule has 0 aromatic rings. The number of rotatable bonds is 10. The Labute approximate surface area is 100 Å². The highest BCUT2D eigenvalue weighted by atomic mass is 16.5. The molecule has 100 valence electrons. The van der Waals surface area contributed by atoms with Crippen LogP contribution in [0.25, 0.3) is 0 Å². The van der Waals surface area contributed by atoms with E-state index in [4.69, 9.17) is 18.9 Å². The molecular weight excluding hydrogens is 208 g/mol. The van der Waals surface area contributed by atoms with Crippen LogP contribution in [0.1, 0.15) is 27.7 Å². The lowest BCUT2D eigenvalue weighted by molar-refractivity contribution is 0.0195. The molecule has 0 unspecified atom stereocenters. The molecule has 0 saturated carbocycles. The first-order valence-corrected chi connectivity index (χ1v) is 6.14. The van der Waals surface area contributed by atoms with Crippen molar-refractivity contribution in [2.24, 2.45) is 0 Å². The van der Waals surface area contributed by atoms with Crippen molar-refractivity contribution < 1.29 is 18.9 Å². The molecule has 0 aliphatic carbocycles. The third-order valence-corrected chi connectivity index (χ3v) is 1.56. The van der Waals surface area contributed by atoms with E-state index in [-0.39, 0.29) is 0 Å². The van der Waals surface area contributed by atoms with Gasteiger partial charge in [0.05, 0.1) is 26.4 Å². The largest absolute Gasteiger partial charge is 0.382 e. The fraction of sp³-hybridized carbons (Fsp3) is 1.00. The molecule has 0 amide bonds. The van der Waals surface area contributed by atoms with Gasteiger partial charge >= 0.3 is 0 Å². The fourth-order valence-electron chi connectivity index (χ4n) is 0.831. The van der Waals surface area contributed by atoms with Gasteiger partial charge in [-0.25, -0.2) is 0 Å². The SMILES string of the molecule is CCOCC.CCOCCOCCOCC. The van der Waals surface area contributed by atoms with E-state index < -0.39 is 0 Å². The van der Waals surface area contributed by atoms with E-state index in [0.717, 1.165) is 26.4 Å². The second-order valence-corrected chi connectivity index (χ2v) is 2.79. The normalized spacial score (nSPS) is 9.75. The highest BCUT2D eigenvalue weighted by molar-refractivity contribution is 4.30. The zero-order valence-corrected chi connectivity index (χ0v) is 11.3. The second-order valence-electron chi connectivity index (χ2n) is 2.79. The molecule has 4 heteroatoms. The summed E-state index contributed by atoms with van der Waals surface area (Å²) in [5.74, 6) is 0. The van der Waals surface area contributed by atoms with Crippen molar-refractivity contribution in [2.75, 3.05) is 52.9 Å². The van der Waals surface area contributed by atoms with Crippen LogP contribution in [0.2, 0.25) is 0 Å². The van der Waals surface area contributed by atoms with Crippen molar-refractivity contribution in [1.82, 2.24) is 0 Å². The maximum atomic E-state index is 5.19. The quantitative estimate of drug-likeness (QED) is 0.544.